The number of carbonyl (C=O) groups is 1. The van der Waals surface area contributed by atoms with E-state index in [1.807, 2.05) is 39.8 Å². The van der Waals surface area contributed by atoms with Crippen molar-refractivity contribution in [2.75, 3.05) is 10.7 Å². The highest BCUT2D eigenvalue weighted by atomic mass is 79.9. The molecule has 3 aromatic rings. The van der Waals surface area contributed by atoms with Crippen molar-refractivity contribution in [2.45, 2.75) is 27.9 Å². The standard InChI is InChI=1S/C25H21BrN4O2S2/c1-2-13-29-24(17-14-16(26)11-12-20(17)31)27-28-25(29)33-15-23(32)30-18-7-3-5-9-21(18)34-22-10-6-4-8-19(22)30/h2-12,14,18,21,31H,1,13,15H2/t18-,21-/m1/s1. The molecule has 0 unspecified atom stereocenters. The summed E-state index contributed by atoms with van der Waals surface area (Å²) in [5, 5.41) is 19.8. The van der Waals surface area contributed by atoms with E-state index < -0.39 is 0 Å². The lowest BCUT2D eigenvalue weighted by Gasteiger charge is -2.40. The van der Waals surface area contributed by atoms with E-state index in [0.29, 0.717) is 23.1 Å². The Bertz CT molecular complexity index is 1320. The highest BCUT2D eigenvalue weighted by Crippen LogP contribution is 2.44. The quantitative estimate of drug-likeness (QED) is 0.312. The molecule has 1 aromatic heterocycles. The molecular formula is C25H21BrN4O2S2. The van der Waals surface area contributed by atoms with Crippen LogP contribution in [0.5, 0.6) is 5.75 Å². The van der Waals surface area contributed by atoms with Crippen molar-refractivity contribution >= 4 is 51.0 Å². The van der Waals surface area contributed by atoms with Gasteiger partial charge >= 0.3 is 0 Å². The normalized spacial score (nSPS) is 18.4. The summed E-state index contributed by atoms with van der Waals surface area (Å²) in [7, 11) is 0. The maximum Gasteiger partial charge on any atom is 0.238 e. The van der Waals surface area contributed by atoms with Crippen LogP contribution in [0.2, 0.25) is 0 Å². The number of thioether (sulfide) groups is 2. The molecule has 9 heteroatoms. The first-order valence-electron chi connectivity index (χ1n) is 10.7. The van der Waals surface area contributed by atoms with Crippen LogP contribution in [0.15, 0.2) is 93.9 Å². The molecule has 172 valence electrons. The minimum absolute atomic E-state index is 0.00714. The lowest BCUT2D eigenvalue weighted by atomic mass is 10.0. The zero-order chi connectivity index (χ0) is 23.7. The number of nitrogens with zero attached hydrogens (tertiary/aromatic N) is 4. The monoisotopic (exact) mass is 552 g/mol. The lowest BCUT2D eigenvalue weighted by molar-refractivity contribution is -0.116. The van der Waals surface area contributed by atoms with Crippen molar-refractivity contribution in [1.82, 2.24) is 14.8 Å². The minimum Gasteiger partial charge on any atom is -0.507 e. The fraction of sp³-hybridized carbons (Fsp3) is 0.160. The summed E-state index contributed by atoms with van der Waals surface area (Å²) in [6.45, 7) is 4.29. The molecule has 1 N–H and O–H groups in total. The summed E-state index contributed by atoms with van der Waals surface area (Å²) in [6.07, 6.45) is 10.0. The molecular weight excluding hydrogens is 532 g/mol. The molecule has 5 rings (SSSR count). The van der Waals surface area contributed by atoms with Gasteiger partial charge in [0, 0.05) is 15.9 Å². The number of aromatic nitrogens is 3. The fourth-order valence-electron chi connectivity index (χ4n) is 4.05. The number of amides is 1. The molecule has 34 heavy (non-hydrogen) atoms. The Morgan fingerprint density at radius 1 is 1.21 bits per heavy atom. The molecule has 0 spiro atoms. The summed E-state index contributed by atoms with van der Waals surface area (Å²) in [4.78, 5) is 16.6. The smallest absolute Gasteiger partial charge is 0.238 e. The van der Waals surface area contributed by atoms with Crippen molar-refractivity contribution in [3.05, 3.63) is 83.9 Å². The van der Waals surface area contributed by atoms with Crippen molar-refractivity contribution in [3.63, 3.8) is 0 Å². The maximum absolute atomic E-state index is 13.5. The summed E-state index contributed by atoms with van der Waals surface area (Å²) in [6, 6.07) is 13.2. The molecule has 1 aliphatic carbocycles. The van der Waals surface area contributed by atoms with Crippen molar-refractivity contribution in [1.29, 1.82) is 0 Å². The van der Waals surface area contributed by atoms with Crippen LogP contribution in [0.25, 0.3) is 11.4 Å². The van der Waals surface area contributed by atoms with E-state index in [4.69, 9.17) is 0 Å². The van der Waals surface area contributed by atoms with E-state index in [9.17, 15) is 9.90 Å². The zero-order valence-corrected chi connectivity index (χ0v) is 21.3. The molecule has 0 radical (unpaired) electrons. The molecule has 0 saturated heterocycles. The molecule has 1 aliphatic heterocycles. The van der Waals surface area contributed by atoms with Crippen molar-refractivity contribution in [2.24, 2.45) is 0 Å². The first-order chi connectivity index (χ1) is 16.6. The molecule has 0 bridgehead atoms. The van der Waals surface area contributed by atoms with E-state index in [2.05, 4.69) is 50.9 Å². The molecule has 6 nitrogen and oxygen atoms in total. The Hall–Kier alpha value is -2.75. The highest BCUT2D eigenvalue weighted by Gasteiger charge is 2.36. The summed E-state index contributed by atoms with van der Waals surface area (Å²) in [5.41, 5.74) is 1.50. The first kappa shape index (κ1) is 23.0. The number of para-hydroxylation sites is 1. The highest BCUT2D eigenvalue weighted by molar-refractivity contribution is 9.10. The number of allylic oxidation sites excluding steroid dienone is 3. The van der Waals surface area contributed by atoms with Gasteiger partial charge in [-0.15, -0.1) is 28.5 Å². The number of phenolic OH excluding ortho intramolecular Hbond substituents is 1. The third kappa shape index (κ3) is 4.35. The second-order valence-corrected chi connectivity index (χ2v) is 10.8. The minimum atomic E-state index is -0.0294. The Labute approximate surface area is 214 Å². The number of phenols is 1. The lowest BCUT2D eigenvalue weighted by Crippen LogP contribution is -2.48. The zero-order valence-electron chi connectivity index (χ0n) is 18.0. The van der Waals surface area contributed by atoms with Crippen LogP contribution in [-0.2, 0) is 11.3 Å². The fourth-order valence-corrected chi connectivity index (χ4v) is 6.48. The van der Waals surface area contributed by atoms with Gasteiger partial charge in [-0.1, -0.05) is 70.2 Å². The third-order valence-electron chi connectivity index (χ3n) is 5.56. The first-order valence-corrected chi connectivity index (χ1v) is 13.3. The number of hydrogen-bond acceptors (Lipinski definition) is 6. The number of halogens is 1. The van der Waals surface area contributed by atoms with Crippen LogP contribution in [0.1, 0.15) is 0 Å². The van der Waals surface area contributed by atoms with Crippen LogP contribution in [0.3, 0.4) is 0 Å². The largest absolute Gasteiger partial charge is 0.507 e. The predicted octanol–water partition coefficient (Wildman–Crippen LogP) is 5.69. The van der Waals surface area contributed by atoms with E-state index in [-0.39, 0.29) is 28.7 Å². The van der Waals surface area contributed by atoms with Crippen LogP contribution in [0, 0.1) is 0 Å². The van der Waals surface area contributed by atoms with Crippen LogP contribution in [0.4, 0.5) is 5.69 Å². The molecule has 2 aliphatic rings. The van der Waals surface area contributed by atoms with Gasteiger partial charge in [-0.2, -0.15) is 0 Å². The second kappa shape index (κ2) is 9.85. The van der Waals surface area contributed by atoms with E-state index >= 15 is 0 Å². The maximum atomic E-state index is 13.5. The number of fused-ring (bicyclic) bond motifs is 2. The van der Waals surface area contributed by atoms with Crippen LogP contribution >= 0.6 is 39.5 Å². The van der Waals surface area contributed by atoms with Gasteiger partial charge in [-0.25, -0.2) is 0 Å². The van der Waals surface area contributed by atoms with Crippen LogP contribution in [-0.4, -0.2) is 42.8 Å². The Kier molecular flexibility index (Phi) is 6.67. The second-order valence-electron chi connectivity index (χ2n) is 7.73. The Balaban J connectivity index is 1.42. The van der Waals surface area contributed by atoms with Gasteiger partial charge in [0.2, 0.25) is 5.91 Å². The average molecular weight is 554 g/mol. The molecule has 0 fully saturated rings. The molecule has 1 amide bonds. The Morgan fingerprint density at radius 3 is 2.88 bits per heavy atom. The summed E-state index contributed by atoms with van der Waals surface area (Å²) < 4.78 is 2.68. The molecule has 0 saturated carbocycles. The SMILES string of the molecule is C=CCn1c(SCC(=O)N2c3ccccc3S[C@@H]3C=CC=C[C@H]32)nnc1-c1cc(Br)ccc1O. The predicted molar refractivity (Wildman–Crippen MR) is 141 cm³/mol. The Morgan fingerprint density at radius 2 is 2.03 bits per heavy atom. The van der Waals surface area contributed by atoms with E-state index in [1.54, 1.807) is 36.0 Å². The summed E-state index contributed by atoms with van der Waals surface area (Å²) >= 11 is 6.56. The van der Waals surface area contributed by atoms with Gasteiger partial charge in [0.25, 0.3) is 0 Å². The number of aromatic hydroxyl groups is 1. The van der Waals surface area contributed by atoms with Gasteiger partial charge in [0.05, 0.1) is 28.3 Å². The molecule has 2 heterocycles. The summed E-state index contributed by atoms with van der Waals surface area (Å²) in [5.74, 6) is 0.847. The number of anilines is 1. The van der Waals surface area contributed by atoms with E-state index in [1.165, 1.54) is 11.8 Å². The van der Waals surface area contributed by atoms with Crippen molar-refractivity contribution in [3.8, 4) is 17.1 Å². The van der Waals surface area contributed by atoms with Gasteiger partial charge in [-0.3, -0.25) is 9.36 Å². The van der Waals surface area contributed by atoms with Gasteiger partial charge < -0.3 is 10.0 Å². The van der Waals surface area contributed by atoms with Gasteiger partial charge in [0.15, 0.2) is 11.0 Å². The topological polar surface area (TPSA) is 71.2 Å². The number of hydrogen-bond donors (Lipinski definition) is 1. The third-order valence-corrected chi connectivity index (χ3v) is 8.32. The molecule has 2 aromatic carbocycles. The van der Waals surface area contributed by atoms with Crippen molar-refractivity contribution < 1.29 is 9.90 Å². The van der Waals surface area contributed by atoms with Gasteiger partial charge in [0.1, 0.15) is 5.75 Å². The van der Waals surface area contributed by atoms with E-state index in [0.717, 1.165) is 15.1 Å². The number of benzene rings is 2. The van der Waals surface area contributed by atoms with Crippen LogP contribution < -0.4 is 4.90 Å². The van der Waals surface area contributed by atoms with Gasteiger partial charge in [-0.05, 0) is 30.3 Å². The number of rotatable bonds is 6. The molecule has 2 atom stereocenters. The average Bonchev–Trinajstić information content (AvgIpc) is 3.25. The number of carbonyl (C=O) groups excluding carboxylic acids is 1.